The molecule has 0 spiro atoms. The molecule has 5 heteroatoms. The number of carbonyl (C=O) groups is 1. The Balaban J connectivity index is 1.55. The van der Waals surface area contributed by atoms with Crippen molar-refractivity contribution >= 4 is 23.3 Å². The van der Waals surface area contributed by atoms with E-state index < -0.39 is 0 Å². The zero-order chi connectivity index (χ0) is 16.4. The summed E-state index contributed by atoms with van der Waals surface area (Å²) in [5.74, 6) is 1.43. The first-order chi connectivity index (χ1) is 11.0. The van der Waals surface area contributed by atoms with Gasteiger partial charge in [-0.15, -0.1) is 0 Å². The molecule has 1 aromatic carbocycles. The number of amides is 2. The summed E-state index contributed by atoms with van der Waals surface area (Å²) in [4.78, 5) is 16.8. The molecule has 0 unspecified atom stereocenters. The van der Waals surface area contributed by atoms with E-state index in [1.54, 1.807) is 0 Å². The Hall–Kier alpha value is -1.26. The van der Waals surface area contributed by atoms with Gasteiger partial charge in [0, 0.05) is 13.1 Å². The van der Waals surface area contributed by atoms with Gasteiger partial charge in [0.1, 0.15) is 0 Å². The van der Waals surface area contributed by atoms with Crippen LogP contribution >= 0.6 is 11.6 Å². The molecule has 1 atom stereocenters. The topological polar surface area (TPSA) is 35.6 Å². The Morgan fingerprint density at radius 2 is 1.87 bits per heavy atom. The molecule has 0 aromatic heterocycles. The third-order valence-electron chi connectivity index (χ3n) is 5.31. The van der Waals surface area contributed by atoms with E-state index in [1.807, 2.05) is 30.0 Å². The summed E-state index contributed by atoms with van der Waals surface area (Å²) in [5.41, 5.74) is 1.79. The van der Waals surface area contributed by atoms with E-state index >= 15 is 0 Å². The van der Waals surface area contributed by atoms with Crippen LogP contribution in [0.15, 0.2) is 18.2 Å². The second kappa shape index (κ2) is 7.10. The van der Waals surface area contributed by atoms with Crippen LogP contribution in [0.5, 0.6) is 0 Å². The molecule has 2 amide bonds. The van der Waals surface area contributed by atoms with Gasteiger partial charge < -0.3 is 15.1 Å². The summed E-state index contributed by atoms with van der Waals surface area (Å²) >= 11 is 6.21. The normalized spacial score (nSPS) is 23.3. The van der Waals surface area contributed by atoms with Gasteiger partial charge in [0.15, 0.2) is 0 Å². The molecule has 0 aliphatic carbocycles. The minimum absolute atomic E-state index is 0.0221. The summed E-state index contributed by atoms with van der Waals surface area (Å²) in [6, 6.07) is 5.70. The van der Waals surface area contributed by atoms with E-state index in [4.69, 9.17) is 11.6 Å². The van der Waals surface area contributed by atoms with E-state index in [0.29, 0.717) is 16.6 Å². The first-order valence-electron chi connectivity index (χ1n) is 8.53. The van der Waals surface area contributed by atoms with Crippen molar-refractivity contribution in [3.05, 3.63) is 28.8 Å². The van der Waals surface area contributed by atoms with Crippen LogP contribution in [0.3, 0.4) is 0 Å². The van der Waals surface area contributed by atoms with Crippen molar-refractivity contribution in [1.82, 2.24) is 9.80 Å². The third kappa shape index (κ3) is 3.99. The Labute approximate surface area is 143 Å². The summed E-state index contributed by atoms with van der Waals surface area (Å²) in [7, 11) is 2.19. The Kier molecular flexibility index (Phi) is 5.12. The molecule has 2 heterocycles. The van der Waals surface area contributed by atoms with Crippen LogP contribution in [-0.4, -0.2) is 49.1 Å². The van der Waals surface area contributed by atoms with Crippen molar-refractivity contribution in [3.8, 4) is 0 Å². The maximum Gasteiger partial charge on any atom is 0.321 e. The van der Waals surface area contributed by atoms with E-state index in [-0.39, 0.29) is 6.03 Å². The maximum absolute atomic E-state index is 12.5. The van der Waals surface area contributed by atoms with Crippen LogP contribution in [-0.2, 0) is 0 Å². The fourth-order valence-corrected chi connectivity index (χ4v) is 4.05. The standard InChI is InChI=1S/C18H26ClN3O/c1-13-3-4-17(16(19)11-13)20-18(23)22-10-7-15(12-22)14-5-8-21(2)9-6-14/h3-4,11,14-15H,5-10,12H2,1-2H3,(H,20,23)/t15-/m1/s1. The molecule has 3 rings (SSSR count). The SMILES string of the molecule is Cc1ccc(NC(=O)N2CC[C@@H](C3CCN(C)CC3)C2)c(Cl)c1. The Morgan fingerprint density at radius 3 is 2.57 bits per heavy atom. The average Bonchev–Trinajstić information content (AvgIpc) is 3.01. The predicted octanol–water partition coefficient (Wildman–Crippen LogP) is 3.84. The highest BCUT2D eigenvalue weighted by molar-refractivity contribution is 6.33. The van der Waals surface area contributed by atoms with Crippen LogP contribution in [0.1, 0.15) is 24.8 Å². The Morgan fingerprint density at radius 1 is 1.17 bits per heavy atom. The highest BCUT2D eigenvalue weighted by Gasteiger charge is 2.33. The van der Waals surface area contributed by atoms with Crippen LogP contribution in [0.25, 0.3) is 0 Å². The number of aryl methyl sites for hydroxylation is 1. The molecule has 1 N–H and O–H groups in total. The first-order valence-corrected chi connectivity index (χ1v) is 8.91. The summed E-state index contributed by atoms with van der Waals surface area (Å²) in [5, 5.41) is 3.56. The molecule has 0 saturated carbocycles. The van der Waals surface area contributed by atoms with Crippen molar-refractivity contribution in [2.45, 2.75) is 26.2 Å². The smallest absolute Gasteiger partial charge is 0.321 e. The number of anilines is 1. The molecular formula is C18H26ClN3O. The number of urea groups is 1. The number of benzene rings is 1. The fourth-order valence-electron chi connectivity index (χ4n) is 3.77. The van der Waals surface area contributed by atoms with E-state index in [2.05, 4.69) is 17.3 Å². The van der Waals surface area contributed by atoms with Crippen LogP contribution in [0.2, 0.25) is 5.02 Å². The zero-order valence-electron chi connectivity index (χ0n) is 14.0. The highest BCUT2D eigenvalue weighted by atomic mass is 35.5. The minimum Gasteiger partial charge on any atom is -0.324 e. The van der Waals surface area contributed by atoms with Crippen molar-refractivity contribution in [1.29, 1.82) is 0 Å². The van der Waals surface area contributed by atoms with Crippen molar-refractivity contribution in [2.75, 3.05) is 38.5 Å². The number of nitrogens with zero attached hydrogens (tertiary/aromatic N) is 2. The van der Waals surface area contributed by atoms with Crippen LogP contribution in [0.4, 0.5) is 10.5 Å². The molecule has 2 saturated heterocycles. The van der Waals surface area contributed by atoms with Crippen LogP contribution in [0, 0.1) is 18.8 Å². The van der Waals surface area contributed by atoms with Gasteiger partial charge in [-0.3, -0.25) is 0 Å². The van der Waals surface area contributed by atoms with Crippen molar-refractivity contribution in [3.63, 3.8) is 0 Å². The van der Waals surface area contributed by atoms with Gasteiger partial charge in [-0.05, 0) is 75.9 Å². The second-order valence-electron chi connectivity index (χ2n) is 7.05. The van der Waals surface area contributed by atoms with Gasteiger partial charge in [0.05, 0.1) is 10.7 Å². The molecule has 126 valence electrons. The predicted molar refractivity (Wildman–Crippen MR) is 95.1 cm³/mol. The van der Waals surface area contributed by atoms with Gasteiger partial charge >= 0.3 is 6.03 Å². The molecule has 0 radical (unpaired) electrons. The van der Waals surface area contributed by atoms with Gasteiger partial charge in [-0.2, -0.15) is 0 Å². The number of carbonyl (C=O) groups excluding carboxylic acids is 1. The van der Waals surface area contributed by atoms with E-state index in [1.165, 1.54) is 25.9 Å². The van der Waals surface area contributed by atoms with Crippen molar-refractivity contribution < 1.29 is 4.79 Å². The lowest BCUT2D eigenvalue weighted by Gasteiger charge is -2.32. The molecule has 23 heavy (non-hydrogen) atoms. The average molecular weight is 336 g/mol. The first kappa shape index (κ1) is 16.6. The third-order valence-corrected chi connectivity index (χ3v) is 5.62. The number of piperidine rings is 1. The lowest BCUT2D eigenvalue weighted by Crippen LogP contribution is -2.36. The number of nitrogens with one attached hydrogen (secondary N) is 1. The number of hydrogen-bond donors (Lipinski definition) is 1. The zero-order valence-corrected chi connectivity index (χ0v) is 14.8. The minimum atomic E-state index is -0.0221. The van der Waals surface area contributed by atoms with Gasteiger partial charge in [-0.1, -0.05) is 17.7 Å². The van der Waals surface area contributed by atoms with Gasteiger partial charge in [0.25, 0.3) is 0 Å². The Bertz CT molecular complexity index is 569. The largest absolute Gasteiger partial charge is 0.324 e. The quantitative estimate of drug-likeness (QED) is 0.891. The van der Waals surface area contributed by atoms with Gasteiger partial charge in [-0.25, -0.2) is 4.79 Å². The fraction of sp³-hybridized carbons (Fsp3) is 0.611. The van der Waals surface area contributed by atoms with Crippen molar-refractivity contribution in [2.24, 2.45) is 11.8 Å². The second-order valence-corrected chi connectivity index (χ2v) is 7.46. The number of halogens is 1. The number of rotatable bonds is 2. The molecule has 2 aliphatic heterocycles. The van der Waals surface area contributed by atoms with E-state index in [9.17, 15) is 4.79 Å². The molecule has 2 aliphatic rings. The molecule has 1 aromatic rings. The summed E-state index contributed by atoms with van der Waals surface area (Å²) < 4.78 is 0. The molecule has 0 bridgehead atoms. The monoisotopic (exact) mass is 335 g/mol. The lowest BCUT2D eigenvalue weighted by atomic mass is 9.84. The van der Waals surface area contributed by atoms with Crippen LogP contribution < -0.4 is 5.32 Å². The lowest BCUT2D eigenvalue weighted by molar-refractivity contribution is 0.170. The van der Waals surface area contributed by atoms with E-state index in [0.717, 1.165) is 31.0 Å². The van der Waals surface area contributed by atoms with Gasteiger partial charge in [0.2, 0.25) is 0 Å². The maximum atomic E-state index is 12.5. The molecular weight excluding hydrogens is 310 g/mol. The number of hydrogen-bond acceptors (Lipinski definition) is 2. The molecule has 4 nitrogen and oxygen atoms in total. The summed E-state index contributed by atoms with van der Waals surface area (Å²) in [6.45, 7) is 6.10. The number of likely N-dealkylation sites (tertiary alicyclic amines) is 2. The highest BCUT2D eigenvalue weighted by Crippen LogP contribution is 2.32. The summed E-state index contributed by atoms with van der Waals surface area (Å²) in [6.07, 6.45) is 3.66. The molecule has 2 fully saturated rings.